The van der Waals surface area contributed by atoms with Crippen molar-refractivity contribution in [3.8, 4) is 22.7 Å². The zero-order chi connectivity index (χ0) is 24.8. The monoisotopic (exact) mass is 493 g/mol. The van der Waals surface area contributed by atoms with Gasteiger partial charge in [0.2, 0.25) is 0 Å². The molecule has 9 heteroatoms. The van der Waals surface area contributed by atoms with Crippen LogP contribution in [0.5, 0.6) is 5.75 Å². The van der Waals surface area contributed by atoms with Gasteiger partial charge in [-0.05, 0) is 67.9 Å². The Labute approximate surface area is 202 Å². The Morgan fingerprint density at radius 2 is 1.89 bits per heavy atom. The van der Waals surface area contributed by atoms with E-state index >= 15 is 0 Å². The van der Waals surface area contributed by atoms with Gasteiger partial charge in [-0.1, -0.05) is 12.1 Å². The van der Waals surface area contributed by atoms with E-state index in [1.165, 1.54) is 12.1 Å². The van der Waals surface area contributed by atoms with Gasteiger partial charge in [0.05, 0.1) is 35.4 Å². The molecule has 1 saturated heterocycles. The highest BCUT2D eigenvalue weighted by molar-refractivity contribution is 7.91. The van der Waals surface area contributed by atoms with E-state index in [0.717, 1.165) is 10.9 Å². The highest BCUT2D eigenvalue weighted by Gasteiger charge is 2.39. The van der Waals surface area contributed by atoms with Crippen molar-refractivity contribution in [3.63, 3.8) is 0 Å². The number of sulfone groups is 1. The van der Waals surface area contributed by atoms with Crippen molar-refractivity contribution < 1.29 is 22.3 Å². The van der Waals surface area contributed by atoms with Crippen LogP contribution in [0, 0.1) is 5.82 Å². The van der Waals surface area contributed by atoms with Crippen molar-refractivity contribution in [2.24, 2.45) is 0 Å². The molecule has 1 aliphatic rings. The Morgan fingerprint density at radius 1 is 1.11 bits per heavy atom. The summed E-state index contributed by atoms with van der Waals surface area (Å²) in [7, 11) is -1.57. The van der Waals surface area contributed by atoms with Gasteiger partial charge in [-0.15, -0.1) is 0 Å². The van der Waals surface area contributed by atoms with Crippen molar-refractivity contribution >= 4 is 26.6 Å². The van der Waals surface area contributed by atoms with E-state index in [-0.39, 0.29) is 23.2 Å². The quantitative estimate of drug-likeness (QED) is 0.451. The number of carbonyl (C=O) groups is 1. The van der Waals surface area contributed by atoms with Gasteiger partial charge in [0, 0.05) is 16.5 Å². The number of nitrogens with one attached hydrogen (secondary N) is 1. The van der Waals surface area contributed by atoms with E-state index in [4.69, 9.17) is 9.84 Å². The molecular weight excluding hydrogens is 469 g/mol. The smallest absolute Gasteiger partial charge is 0.251 e. The largest absolute Gasteiger partial charge is 0.497 e. The Kier molecular flexibility index (Phi) is 5.59. The minimum absolute atomic E-state index is 0.0596. The third-order valence-corrected chi connectivity index (χ3v) is 8.18. The maximum absolute atomic E-state index is 13.6. The van der Waals surface area contributed by atoms with Gasteiger partial charge in [-0.25, -0.2) is 17.5 Å². The molecule has 1 N–H and O–H groups in total. The summed E-state index contributed by atoms with van der Waals surface area (Å²) < 4.78 is 44.5. The van der Waals surface area contributed by atoms with Gasteiger partial charge in [-0.3, -0.25) is 4.79 Å². The normalized spacial score (nSPS) is 19.1. The summed E-state index contributed by atoms with van der Waals surface area (Å²) in [6.45, 7) is 1.75. The molecule has 0 bridgehead atoms. The molecule has 2 heterocycles. The second-order valence-corrected chi connectivity index (χ2v) is 11.2. The molecule has 1 unspecified atom stereocenters. The van der Waals surface area contributed by atoms with Crippen molar-refractivity contribution in [2.75, 3.05) is 18.6 Å². The molecule has 3 aromatic carbocycles. The molecule has 1 fully saturated rings. The Bertz CT molecular complexity index is 1550. The highest BCUT2D eigenvalue weighted by atomic mass is 32.2. The molecule has 35 heavy (non-hydrogen) atoms. The van der Waals surface area contributed by atoms with Crippen LogP contribution in [0.15, 0.2) is 66.7 Å². The van der Waals surface area contributed by atoms with Gasteiger partial charge in [0.15, 0.2) is 9.84 Å². The number of amides is 1. The lowest BCUT2D eigenvalue weighted by Gasteiger charge is -2.23. The van der Waals surface area contributed by atoms with Gasteiger partial charge in [-0.2, -0.15) is 5.10 Å². The van der Waals surface area contributed by atoms with Crippen LogP contribution in [0.25, 0.3) is 27.8 Å². The van der Waals surface area contributed by atoms with Crippen LogP contribution >= 0.6 is 0 Å². The SMILES string of the molecule is COc1cccc(-c2nn(-c3ccc(F)cc3)c3cc(C(=O)NC4(C)CCS(=O)(=O)C4)ccc23)c1. The van der Waals surface area contributed by atoms with Gasteiger partial charge < -0.3 is 10.1 Å². The first-order chi connectivity index (χ1) is 16.7. The van der Waals surface area contributed by atoms with Crippen LogP contribution in [-0.4, -0.2) is 48.3 Å². The summed E-state index contributed by atoms with van der Waals surface area (Å²) in [4.78, 5) is 13.1. The van der Waals surface area contributed by atoms with E-state index in [9.17, 15) is 17.6 Å². The van der Waals surface area contributed by atoms with Gasteiger partial charge in [0.1, 0.15) is 17.3 Å². The van der Waals surface area contributed by atoms with E-state index < -0.39 is 15.4 Å². The maximum Gasteiger partial charge on any atom is 0.251 e. The number of nitrogens with zero attached hydrogens (tertiary/aromatic N) is 2. The van der Waals surface area contributed by atoms with Crippen LogP contribution in [0.1, 0.15) is 23.7 Å². The number of benzene rings is 3. The van der Waals surface area contributed by atoms with Crippen molar-refractivity contribution in [3.05, 3.63) is 78.1 Å². The Hall–Kier alpha value is -3.72. The minimum Gasteiger partial charge on any atom is -0.497 e. The second kappa shape index (κ2) is 8.49. The molecule has 0 aliphatic carbocycles. The predicted octanol–water partition coefficient (Wildman–Crippen LogP) is 4.15. The first-order valence-corrected chi connectivity index (χ1v) is 12.9. The van der Waals surface area contributed by atoms with Crippen LogP contribution in [0.4, 0.5) is 4.39 Å². The van der Waals surface area contributed by atoms with Gasteiger partial charge >= 0.3 is 0 Å². The van der Waals surface area contributed by atoms with E-state index in [1.807, 2.05) is 30.3 Å². The topological polar surface area (TPSA) is 90.3 Å². The maximum atomic E-state index is 13.6. The van der Waals surface area contributed by atoms with Crippen molar-refractivity contribution in [1.82, 2.24) is 15.1 Å². The van der Waals surface area contributed by atoms with Crippen LogP contribution < -0.4 is 10.1 Å². The molecule has 0 spiro atoms. The molecule has 1 amide bonds. The van der Waals surface area contributed by atoms with Crippen LogP contribution in [0.3, 0.4) is 0 Å². The molecule has 7 nitrogen and oxygen atoms in total. The molecule has 0 saturated carbocycles. The molecule has 1 aromatic heterocycles. The lowest BCUT2D eigenvalue weighted by atomic mass is 10.0. The highest BCUT2D eigenvalue weighted by Crippen LogP contribution is 2.32. The van der Waals surface area contributed by atoms with Crippen LogP contribution in [0.2, 0.25) is 0 Å². The summed E-state index contributed by atoms with van der Waals surface area (Å²) in [6, 6.07) is 18.7. The number of methoxy groups -OCH3 is 1. The molecule has 180 valence electrons. The third kappa shape index (κ3) is 4.51. The standard InChI is InChI=1S/C26H24FN3O4S/c1-26(12-13-35(32,33)16-26)28-25(31)18-6-11-22-23(15-18)30(20-9-7-19(27)8-10-20)29-24(22)17-4-3-5-21(14-17)34-2/h3-11,14-15H,12-13,16H2,1-2H3,(H,28,31). The summed E-state index contributed by atoms with van der Waals surface area (Å²) in [5.74, 6) is -0.0620. The number of aromatic nitrogens is 2. The van der Waals surface area contributed by atoms with Crippen LogP contribution in [-0.2, 0) is 9.84 Å². The first-order valence-electron chi connectivity index (χ1n) is 11.1. The lowest BCUT2D eigenvalue weighted by Crippen LogP contribution is -2.46. The second-order valence-electron chi connectivity index (χ2n) is 9.06. The third-order valence-electron chi connectivity index (χ3n) is 6.28. The zero-order valence-corrected chi connectivity index (χ0v) is 20.1. The van der Waals surface area contributed by atoms with E-state index in [2.05, 4.69) is 5.32 Å². The molecule has 0 radical (unpaired) electrons. The fourth-order valence-electron chi connectivity index (χ4n) is 4.47. The molecular formula is C26H24FN3O4S. The predicted molar refractivity (Wildman–Crippen MR) is 132 cm³/mol. The molecule has 1 atom stereocenters. The van der Waals surface area contributed by atoms with E-state index in [1.54, 1.807) is 43.0 Å². The Balaban J connectivity index is 1.61. The minimum atomic E-state index is -3.17. The number of rotatable bonds is 5. The molecule has 5 rings (SSSR count). The summed E-state index contributed by atoms with van der Waals surface area (Å²) in [5, 5.41) is 8.50. The van der Waals surface area contributed by atoms with Gasteiger partial charge in [0.25, 0.3) is 5.91 Å². The summed E-state index contributed by atoms with van der Waals surface area (Å²) in [5.41, 5.74) is 2.38. The summed E-state index contributed by atoms with van der Waals surface area (Å²) in [6.07, 6.45) is 0.372. The fourth-order valence-corrected chi connectivity index (χ4v) is 6.57. The number of halogens is 1. The molecule has 1 aliphatic heterocycles. The number of fused-ring (bicyclic) bond motifs is 1. The Morgan fingerprint density at radius 3 is 2.57 bits per heavy atom. The van der Waals surface area contributed by atoms with E-state index in [0.29, 0.717) is 34.6 Å². The summed E-state index contributed by atoms with van der Waals surface area (Å²) >= 11 is 0. The fraction of sp³-hybridized carbons (Fsp3) is 0.231. The number of hydrogen-bond donors (Lipinski definition) is 1. The average Bonchev–Trinajstić information content (AvgIpc) is 3.35. The molecule has 4 aromatic rings. The van der Waals surface area contributed by atoms with Crippen molar-refractivity contribution in [1.29, 1.82) is 0 Å². The van der Waals surface area contributed by atoms with Crippen molar-refractivity contribution in [2.45, 2.75) is 18.9 Å². The number of ether oxygens (including phenoxy) is 1. The lowest BCUT2D eigenvalue weighted by molar-refractivity contribution is 0.0915. The average molecular weight is 494 g/mol. The number of hydrogen-bond acceptors (Lipinski definition) is 5. The zero-order valence-electron chi connectivity index (χ0n) is 19.3. The first kappa shape index (κ1) is 23.0. The number of carbonyl (C=O) groups excluding carboxylic acids is 1.